The lowest BCUT2D eigenvalue weighted by Gasteiger charge is -2.03. The van der Waals surface area contributed by atoms with E-state index in [1.54, 1.807) is 0 Å². The molecular formula is C23H44N3O2+. The Kier molecular flexibility index (Phi) is 14.6. The standard InChI is InChI=1S/C23H43N3O2/c1-21-22(2)26(25-24-21)20-18-16-14-12-10-8-6-4-3-5-7-9-11-13-15-17-19-23(27)28/h3-20H2,1-2H3,(H,27,28)/p+1. The van der Waals surface area contributed by atoms with Crippen molar-refractivity contribution in [2.24, 2.45) is 0 Å². The minimum atomic E-state index is -0.658. The topological polar surface area (TPSA) is 69.9 Å². The van der Waals surface area contributed by atoms with Crippen LogP contribution in [0, 0.1) is 13.8 Å². The average Bonchev–Trinajstić information content (AvgIpc) is 2.99. The molecule has 0 radical (unpaired) electrons. The van der Waals surface area contributed by atoms with Gasteiger partial charge in [0.15, 0.2) is 5.69 Å². The van der Waals surface area contributed by atoms with Crippen molar-refractivity contribution in [2.75, 3.05) is 0 Å². The number of carboxylic acid groups (broad SMARTS) is 1. The third-order valence-corrected chi connectivity index (χ3v) is 5.79. The van der Waals surface area contributed by atoms with Crippen LogP contribution in [-0.4, -0.2) is 21.4 Å². The van der Waals surface area contributed by atoms with Crippen LogP contribution in [0.1, 0.15) is 121 Å². The van der Waals surface area contributed by atoms with Crippen molar-refractivity contribution in [3.63, 3.8) is 0 Å². The number of H-pyrrole nitrogens is 1. The van der Waals surface area contributed by atoms with Crippen molar-refractivity contribution < 1.29 is 14.6 Å². The first-order chi connectivity index (χ1) is 13.6. The van der Waals surface area contributed by atoms with Gasteiger partial charge in [-0.15, -0.1) is 0 Å². The number of hydrogen-bond acceptors (Lipinski definition) is 2. The average molecular weight is 395 g/mol. The highest BCUT2D eigenvalue weighted by Gasteiger charge is 2.11. The van der Waals surface area contributed by atoms with E-state index in [9.17, 15) is 4.79 Å². The number of aliphatic carboxylic acids is 1. The summed E-state index contributed by atoms with van der Waals surface area (Å²) in [5.74, 6) is -0.658. The highest BCUT2D eigenvalue weighted by molar-refractivity contribution is 5.66. The molecule has 1 heterocycles. The fraction of sp³-hybridized carbons (Fsp3) is 0.870. The third kappa shape index (κ3) is 12.9. The minimum Gasteiger partial charge on any atom is -0.481 e. The van der Waals surface area contributed by atoms with Gasteiger partial charge < -0.3 is 5.11 Å². The fourth-order valence-corrected chi connectivity index (χ4v) is 3.73. The molecule has 0 aliphatic carbocycles. The Morgan fingerprint density at radius 2 is 1.14 bits per heavy atom. The number of aromatic nitrogens is 3. The Morgan fingerprint density at radius 1 is 0.750 bits per heavy atom. The summed E-state index contributed by atoms with van der Waals surface area (Å²) in [5, 5.41) is 15.9. The molecule has 0 bridgehead atoms. The van der Waals surface area contributed by atoms with Gasteiger partial charge in [0.2, 0.25) is 5.69 Å². The van der Waals surface area contributed by atoms with Crippen molar-refractivity contribution in [1.82, 2.24) is 10.3 Å². The molecule has 1 rings (SSSR count). The van der Waals surface area contributed by atoms with Crippen LogP contribution in [0.4, 0.5) is 0 Å². The largest absolute Gasteiger partial charge is 0.481 e. The first kappa shape index (κ1) is 24.6. The molecule has 0 aliphatic rings. The first-order valence-electron chi connectivity index (χ1n) is 11.7. The molecule has 0 aliphatic heterocycles. The molecule has 1 aromatic rings. The first-order valence-corrected chi connectivity index (χ1v) is 11.7. The van der Waals surface area contributed by atoms with E-state index in [4.69, 9.17) is 5.11 Å². The molecule has 0 fully saturated rings. The van der Waals surface area contributed by atoms with E-state index in [2.05, 4.69) is 28.8 Å². The van der Waals surface area contributed by atoms with Crippen molar-refractivity contribution in [2.45, 2.75) is 130 Å². The summed E-state index contributed by atoms with van der Waals surface area (Å²) < 4.78 is 2.16. The molecule has 2 N–H and O–H groups in total. The van der Waals surface area contributed by atoms with E-state index >= 15 is 0 Å². The molecule has 28 heavy (non-hydrogen) atoms. The number of carboxylic acids is 1. The number of hydrogen-bond donors (Lipinski definition) is 2. The highest BCUT2D eigenvalue weighted by atomic mass is 16.4. The van der Waals surface area contributed by atoms with Crippen LogP contribution in [0.5, 0.6) is 0 Å². The Hall–Kier alpha value is -1.39. The van der Waals surface area contributed by atoms with E-state index in [0.29, 0.717) is 6.42 Å². The maximum atomic E-state index is 10.4. The summed E-state index contributed by atoms with van der Waals surface area (Å²) in [6.07, 6.45) is 21.1. The van der Waals surface area contributed by atoms with Crippen molar-refractivity contribution in [1.29, 1.82) is 0 Å². The lowest BCUT2D eigenvalue weighted by Crippen LogP contribution is -2.38. The Morgan fingerprint density at radius 3 is 1.50 bits per heavy atom. The van der Waals surface area contributed by atoms with Gasteiger partial charge >= 0.3 is 5.97 Å². The van der Waals surface area contributed by atoms with Crippen LogP contribution in [-0.2, 0) is 11.3 Å². The van der Waals surface area contributed by atoms with Crippen LogP contribution >= 0.6 is 0 Å². The third-order valence-electron chi connectivity index (χ3n) is 5.79. The molecule has 1 aromatic heterocycles. The van der Waals surface area contributed by atoms with Gasteiger partial charge in [-0.1, -0.05) is 88.7 Å². The van der Waals surface area contributed by atoms with Gasteiger partial charge in [-0.2, -0.15) is 4.68 Å². The minimum absolute atomic E-state index is 0.337. The van der Waals surface area contributed by atoms with Gasteiger partial charge in [-0.05, 0) is 19.3 Å². The van der Waals surface area contributed by atoms with E-state index < -0.39 is 5.97 Å². The second-order valence-corrected chi connectivity index (χ2v) is 8.33. The molecule has 0 spiro atoms. The smallest absolute Gasteiger partial charge is 0.303 e. The predicted octanol–water partition coefficient (Wildman–Crippen LogP) is 6.03. The second-order valence-electron chi connectivity index (χ2n) is 8.33. The predicted molar refractivity (Wildman–Crippen MR) is 114 cm³/mol. The summed E-state index contributed by atoms with van der Waals surface area (Å²) in [5.41, 5.74) is 2.36. The Bertz CT molecular complexity index is 514. The number of carbonyl (C=O) groups is 1. The van der Waals surface area contributed by atoms with Gasteiger partial charge in [0.05, 0.1) is 0 Å². The van der Waals surface area contributed by atoms with Gasteiger partial charge in [0, 0.05) is 25.4 Å². The van der Waals surface area contributed by atoms with Crippen LogP contribution in [0.3, 0.4) is 0 Å². The van der Waals surface area contributed by atoms with E-state index in [-0.39, 0.29) is 0 Å². The van der Waals surface area contributed by atoms with Crippen LogP contribution in [0.15, 0.2) is 0 Å². The van der Waals surface area contributed by atoms with Gasteiger partial charge in [-0.3, -0.25) is 4.79 Å². The Balaban J connectivity index is 1.73. The summed E-state index contributed by atoms with van der Waals surface area (Å²) in [6, 6.07) is 0. The zero-order valence-corrected chi connectivity index (χ0v) is 18.5. The normalized spacial score (nSPS) is 11.2. The number of nitrogens with zero attached hydrogens (tertiary/aromatic N) is 2. The molecule has 162 valence electrons. The monoisotopic (exact) mass is 394 g/mol. The summed E-state index contributed by atoms with van der Waals surface area (Å²) >= 11 is 0. The molecule has 5 heteroatoms. The summed E-state index contributed by atoms with van der Waals surface area (Å²) in [6.45, 7) is 5.24. The van der Waals surface area contributed by atoms with E-state index in [1.165, 1.54) is 95.6 Å². The van der Waals surface area contributed by atoms with Gasteiger partial charge in [0.1, 0.15) is 6.54 Å². The van der Waals surface area contributed by atoms with Crippen LogP contribution in [0.25, 0.3) is 0 Å². The molecular weight excluding hydrogens is 350 g/mol. The molecule has 0 amide bonds. The lowest BCUT2D eigenvalue weighted by molar-refractivity contribution is -0.759. The maximum absolute atomic E-state index is 10.4. The molecule has 0 saturated heterocycles. The quantitative estimate of drug-likeness (QED) is 0.222. The molecule has 0 unspecified atom stereocenters. The van der Waals surface area contributed by atoms with E-state index in [1.807, 2.05) is 0 Å². The van der Waals surface area contributed by atoms with Crippen LogP contribution in [0.2, 0.25) is 0 Å². The number of aryl methyl sites for hydroxylation is 2. The summed E-state index contributed by atoms with van der Waals surface area (Å²) in [7, 11) is 0. The van der Waals surface area contributed by atoms with Gasteiger partial charge in [0.25, 0.3) is 0 Å². The Labute approximate surface area is 172 Å². The second kappa shape index (κ2) is 16.6. The molecule has 0 saturated carbocycles. The maximum Gasteiger partial charge on any atom is 0.303 e. The van der Waals surface area contributed by atoms with Crippen molar-refractivity contribution >= 4 is 5.97 Å². The lowest BCUT2D eigenvalue weighted by atomic mass is 10.0. The number of aromatic amines is 1. The van der Waals surface area contributed by atoms with Gasteiger partial charge in [-0.25, -0.2) is 0 Å². The number of rotatable bonds is 19. The van der Waals surface area contributed by atoms with E-state index in [0.717, 1.165) is 25.1 Å². The SMILES string of the molecule is Cc1n[nH][n+](CCCCCCCCCCCCCCCCCCC(=O)O)c1C. The zero-order valence-electron chi connectivity index (χ0n) is 18.5. The molecule has 0 aromatic carbocycles. The number of nitrogens with one attached hydrogen (secondary N) is 1. The van der Waals surface area contributed by atoms with Crippen molar-refractivity contribution in [3.8, 4) is 0 Å². The molecule has 0 atom stereocenters. The molecule has 5 nitrogen and oxygen atoms in total. The zero-order chi connectivity index (χ0) is 20.5. The summed E-state index contributed by atoms with van der Waals surface area (Å²) in [4.78, 5) is 10.4. The highest BCUT2D eigenvalue weighted by Crippen LogP contribution is 2.14. The van der Waals surface area contributed by atoms with Crippen LogP contribution < -0.4 is 4.68 Å². The van der Waals surface area contributed by atoms with Crippen molar-refractivity contribution in [3.05, 3.63) is 11.4 Å². The number of unbranched alkanes of at least 4 members (excludes halogenated alkanes) is 15. The fourth-order valence-electron chi connectivity index (χ4n) is 3.73.